The van der Waals surface area contributed by atoms with Crippen LogP contribution in [0, 0.1) is 0 Å². The van der Waals surface area contributed by atoms with E-state index in [4.69, 9.17) is 28.2 Å². The summed E-state index contributed by atoms with van der Waals surface area (Å²) >= 11 is 0. The predicted octanol–water partition coefficient (Wildman–Crippen LogP) is 2.58. The van der Waals surface area contributed by atoms with Crippen molar-refractivity contribution in [3.8, 4) is 5.75 Å². The van der Waals surface area contributed by atoms with Crippen molar-refractivity contribution in [2.45, 2.75) is 69.6 Å². The largest absolute Gasteiger partial charge is 0.468 e. The quantitative estimate of drug-likeness (QED) is 0.256. The average molecular weight is 594 g/mol. The van der Waals surface area contributed by atoms with Crippen molar-refractivity contribution in [2.24, 2.45) is 0 Å². The summed E-state index contributed by atoms with van der Waals surface area (Å²) in [5.41, 5.74) is 0.695. The van der Waals surface area contributed by atoms with Gasteiger partial charge in [-0.2, -0.15) is 0 Å². The molecule has 13 nitrogen and oxygen atoms in total. The number of esters is 1. The van der Waals surface area contributed by atoms with Gasteiger partial charge in [0.1, 0.15) is 30.4 Å². The molecule has 2 saturated heterocycles. The zero-order valence-corrected chi connectivity index (χ0v) is 23.9. The van der Waals surface area contributed by atoms with E-state index in [1.807, 2.05) is 0 Å². The van der Waals surface area contributed by atoms with E-state index in [1.54, 1.807) is 42.6 Å². The summed E-state index contributed by atoms with van der Waals surface area (Å²) < 4.78 is 47.8. The predicted molar refractivity (Wildman–Crippen MR) is 144 cm³/mol. The molecule has 5 rings (SSSR count). The molecular weight excluding hydrogens is 557 g/mol. The van der Waals surface area contributed by atoms with Gasteiger partial charge < -0.3 is 33.3 Å². The van der Waals surface area contributed by atoms with Crippen LogP contribution < -0.4 is 14.9 Å². The van der Waals surface area contributed by atoms with Gasteiger partial charge in [0, 0.05) is 24.8 Å². The number of carbonyl (C=O) groups is 2. The number of urea groups is 1. The maximum absolute atomic E-state index is 13.9. The lowest BCUT2D eigenvalue weighted by Crippen LogP contribution is -2.51. The molecule has 3 N–H and O–H groups in total. The number of aliphatic hydroxyl groups is 1. The van der Waals surface area contributed by atoms with Crippen LogP contribution in [-0.4, -0.2) is 85.5 Å². The number of para-hydroxylation sites is 1. The first-order chi connectivity index (χ1) is 19.7. The molecule has 2 amide bonds. The molecule has 0 spiro atoms. The number of nitrogens with one attached hydrogen (secondary N) is 2. The number of hydrogen-bond acceptors (Lipinski definition) is 10. The number of rotatable bonds is 11. The molecule has 41 heavy (non-hydrogen) atoms. The van der Waals surface area contributed by atoms with E-state index < -0.39 is 50.2 Å². The molecule has 14 heteroatoms. The number of aliphatic hydroxyl groups excluding tert-OH is 1. The molecule has 1 aromatic rings. The minimum atomic E-state index is -3.80. The van der Waals surface area contributed by atoms with Crippen molar-refractivity contribution in [1.29, 1.82) is 0 Å². The molecule has 0 aliphatic carbocycles. The highest BCUT2D eigenvalue weighted by molar-refractivity contribution is 7.57. The summed E-state index contributed by atoms with van der Waals surface area (Å²) in [7, 11) is -2.57. The van der Waals surface area contributed by atoms with Crippen molar-refractivity contribution in [3.63, 3.8) is 0 Å². The highest BCUT2D eigenvalue weighted by atomic mass is 31.2. The molecule has 0 bridgehead atoms. The van der Waals surface area contributed by atoms with Crippen LogP contribution in [-0.2, 0) is 33.0 Å². The molecular formula is C27H36N3O10P. The van der Waals surface area contributed by atoms with Gasteiger partial charge in [0.05, 0.1) is 25.5 Å². The van der Waals surface area contributed by atoms with Crippen LogP contribution in [0.1, 0.15) is 32.6 Å². The normalized spacial score (nSPS) is 29.8. The minimum absolute atomic E-state index is 0.0734. The number of hydrogen-bond donors (Lipinski definition) is 3. The number of benzene rings is 1. The molecule has 0 aromatic heterocycles. The zero-order valence-electron chi connectivity index (χ0n) is 23.0. The zero-order chi connectivity index (χ0) is 29.0. The molecule has 4 aliphatic rings. The molecule has 1 aromatic carbocycles. The average Bonchev–Trinajstić information content (AvgIpc) is 3.53. The summed E-state index contributed by atoms with van der Waals surface area (Å²) in [6.45, 7) is 2.38. The van der Waals surface area contributed by atoms with Crippen LogP contribution in [0.15, 0.2) is 53.9 Å². The Morgan fingerprint density at radius 1 is 1.29 bits per heavy atom. The maximum atomic E-state index is 13.9. The Balaban J connectivity index is 1.25. The lowest BCUT2D eigenvalue weighted by molar-refractivity contribution is -0.162. The smallest absolute Gasteiger partial charge is 0.326 e. The Hall–Kier alpha value is -2.93. The Morgan fingerprint density at radius 2 is 2.10 bits per heavy atom. The van der Waals surface area contributed by atoms with Gasteiger partial charge in [0.2, 0.25) is 6.23 Å². The first-order valence-corrected chi connectivity index (χ1v) is 15.5. The molecule has 4 heterocycles. The van der Waals surface area contributed by atoms with E-state index in [0.717, 1.165) is 19.3 Å². The van der Waals surface area contributed by atoms with Gasteiger partial charge in [-0.3, -0.25) is 19.6 Å². The Bertz CT molecular complexity index is 1200. The summed E-state index contributed by atoms with van der Waals surface area (Å²) in [6.07, 6.45) is 2.35. The highest BCUT2D eigenvalue weighted by Gasteiger charge is 2.45. The summed E-state index contributed by atoms with van der Waals surface area (Å²) in [4.78, 5) is 26.3. The fourth-order valence-electron chi connectivity index (χ4n) is 5.03. The fourth-order valence-corrected chi connectivity index (χ4v) is 7.22. The second-order valence-electron chi connectivity index (χ2n) is 10.3. The van der Waals surface area contributed by atoms with Crippen molar-refractivity contribution < 1.29 is 47.5 Å². The number of carbonyl (C=O) groups excluding carboxylic acids is 2. The monoisotopic (exact) mass is 593 g/mol. The SMILES string of the molecule is COC(=O)[C@@H](C)NP(=O)(C[C@H]1O[C@@H](N2C=C3C=C(COC4CCCCO4)OC3NC2=O)C[C@H]1O)Oc1ccccc1. The van der Waals surface area contributed by atoms with Gasteiger partial charge >= 0.3 is 19.5 Å². The molecule has 7 atom stereocenters. The lowest BCUT2D eigenvalue weighted by Gasteiger charge is -2.32. The molecule has 224 valence electrons. The van der Waals surface area contributed by atoms with Crippen molar-refractivity contribution >= 4 is 19.5 Å². The first-order valence-electron chi connectivity index (χ1n) is 13.7. The fraction of sp³-hybridized carbons (Fsp3) is 0.556. The summed E-state index contributed by atoms with van der Waals surface area (Å²) in [5, 5.41) is 16.4. The standard InChI is InChI=1S/C27H36N3O10P/c1-17(26(32)35-2)29-41(34,40-19-8-4-3-5-9-19)16-22-21(31)13-23(39-22)30-14-18-12-20(38-25(18)28-27(30)33)15-37-24-10-6-7-11-36-24/h3-5,8-9,12,14,17,21-25,31H,6-7,10-11,13,15-16H2,1-2H3,(H,28,33)(H,29,34)/t17-,21-,22-,23-,24?,25?,41?/m1/s1. The van der Waals surface area contributed by atoms with Crippen molar-refractivity contribution in [1.82, 2.24) is 15.3 Å². The van der Waals surface area contributed by atoms with Crippen LogP contribution in [0.2, 0.25) is 0 Å². The van der Waals surface area contributed by atoms with Gasteiger partial charge in [0.25, 0.3) is 0 Å². The number of nitrogens with zero attached hydrogens (tertiary/aromatic N) is 1. The van der Waals surface area contributed by atoms with Gasteiger partial charge in [-0.25, -0.2) is 9.88 Å². The van der Waals surface area contributed by atoms with Gasteiger partial charge in [-0.05, 0) is 44.4 Å². The van der Waals surface area contributed by atoms with Crippen LogP contribution in [0.25, 0.3) is 0 Å². The van der Waals surface area contributed by atoms with E-state index in [0.29, 0.717) is 23.7 Å². The van der Waals surface area contributed by atoms with Crippen LogP contribution >= 0.6 is 7.52 Å². The highest BCUT2D eigenvalue weighted by Crippen LogP contribution is 2.46. The second-order valence-corrected chi connectivity index (χ2v) is 12.4. The summed E-state index contributed by atoms with van der Waals surface area (Å²) in [5.74, 6) is 0.257. The van der Waals surface area contributed by atoms with E-state index in [1.165, 1.54) is 18.9 Å². The Morgan fingerprint density at radius 3 is 2.83 bits per heavy atom. The van der Waals surface area contributed by atoms with Gasteiger partial charge in [0.15, 0.2) is 6.29 Å². The van der Waals surface area contributed by atoms with Crippen LogP contribution in [0.4, 0.5) is 4.79 Å². The Kier molecular flexibility index (Phi) is 9.32. The third kappa shape index (κ3) is 7.29. The molecule has 2 fully saturated rings. The first kappa shape index (κ1) is 29.6. The molecule has 4 aliphatic heterocycles. The van der Waals surface area contributed by atoms with Crippen molar-refractivity contribution in [2.75, 3.05) is 26.5 Å². The number of methoxy groups -OCH3 is 1. The molecule has 0 radical (unpaired) electrons. The van der Waals surface area contributed by atoms with E-state index in [-0.39, 0.29) is 25.5 Å². The number of fused-ring (bicyclic) bond motifs is 1. The number of ether oxygens (including phenoxy) is 5. The summed E-state index contributed by atoms with van der Waals surface area (Å²) in [6, 6.07) is 7.07. The van der Waals surface area contributed by atoms with E-state index in [2.05, 4.69) is 10.4 Å². The minimum Gasteiger partial charge on any atom is -0.468 e. The second kappa shape index (κ2) is 12.9. The third-order valence-corrected chi connectivity index (χ3v) is 9.23. The van der Waals surface area contributed by atoms with E-state index in [9.17, 15) is 19.3 Å². The molecule has 0 saturated carbocycles. The van der Waals surface area contributed by atoms with Crippen LogP contribution in [0.5, 0.6) is 5.75 Å². The van der Waals surface area contributed by atoms with Crippen LogP contribution in [0.3, 0.4) is 0 Å². The topological polar surface area (TPSA) is 154 Å². The van der Waals surface area contributed by atoms with Crippen molar-refractivity contribution in [3.05, 3.63) is 53.9 Å². The Labute approximate surface area is 238 Å². The lowest BCUT2D eigenvalue weighted by atomic mass is 10.1. The van der Waals surface area contributed by atoms with Gasteiger partial charge in [-0.1, -0.05) is 18.2 Å². The van der Waals surface area contributed by atoms with Gasteiger partial charge in [-0.15, -0.1) is 0 Å². The number of amides is 2. The maximum Gasteiger partial charge on any atom is 0.326 e. The molecule has 3 unspecified atom stereocenters. The van der Waals surface area contributed by atoms with E-state index >= 15 is 0 Å². The third-order valence-electron chi connectivity index (χ3n) is 7.10.